The molecule has 0 aliphatic heterocycles. The molecule has 1 amide bonds. The van der Waals surface area contributed by atoms with E-state index >= 15 is 4.39 Å². The third-order valence-corrected chi connectivity index (χ3v) is 8.93. The van der Waals surface area contributed by atoms with Crippen molar-refractivity contribution < 1.29 is 23.8 Å². The number of amides is 1. The van der Waals surface area contributed by atoms with Crippen molar-refractivity contribution >= 4 is 11.9 Å². The van der Waals surface area contributed by atoms with Crippen LogP contribution in [0.3, 0.4) is 0 Å². The summed E-state index contributed by atoms with van der Waals surface area (Å²) in [6.45, 7) is 0.643. The Kier molecular flexibility index (Phi) is 5.19. The molecule has 178 valence electrons. The fraction of sp³-hybridized carbons (Fsp3) is 0.704. The molecular formula is C27H34FNO4. The molecule has 1 atom stereocenters. The van der Waals surface area contributed by atoms with Crippen LogP contribution in [0.15, 0.2) is 12.1 Å². The summed E-state index contributed by atoms with van der Waals surface area (Å²) in [5.41, 5.74) is 1.07. The average molecular weight is 456 g/mol. The SMILES string of the molecule is O=C(NC(CC1CC1)C(=O)O)c1cc(C2CC2)c(OCC23CC4CC(CC(C4)C2)C3)cc1F. The molecule has 1 unspecified atom stereocenters. The predicted octanol–water partition coefficient (Wildman–Crippen LogP) is 5.28. The third-order valence-electron chi connectivity index (χ3n) is 8.93. The number of carbonyl (C=O) groups is 2. The van der Waals surface area contributed by atoms with E-state index in [1.807, 2.05) is 0 Å². The predicted molar refractivity (Wildman–Crippen MR) is 121 cm³/mol. The Hall–Kier alpha value is -2.11. The van der Waals surface area contributed by atoms with E-state index in [1.54, 1.807) is 6.07 Å². The van der Waals surface area contributed by atoms with Gasteiger partial charge >= 0.3 is 5.97 Å². The molecule has 5 nitrogen and oxygen atoms in total. The first-order valence-electron chi connectivity index (χ1n) is 12.9. The molecule has 0 saturated heterocycles. The fourth-order valence-electron chi connectivity index (χ4n) is 7.43. The quantitative estimate of drug-likeness (QED) is 0.531. The molecule has 2 N–H and O–H groups in total. The van der Waals surface area contributed by atoms with Gasteiger partial charge in [0.25, 0.3) is 5.91 Å². The normalized spacial score (nSPS) is 33.1. The maximum atomic E-state index is 15.1. The highest BCUT2D eigenvalue weighted by molar-refractivity contribution is 5.97. The topological polar surface area (TPSA) is 75.6 Å². The zero-order chi connectivity index (χ0) is 22.7. The molecular weight excluding hydrogens is 421 g/mol. The number of halogens is 1. The van der Waals surface area contributed by atoms with Gasteiger partial charge in [-0.25, -0.2) is 9.18 Å². The van der Waals surface area contributed by atoms with E-state index in [9.17, 15) is 14.7 Å². The molecule has 0 radical (unpaired) electrons. The molecule has 6 aliphatic carbocycles. The fourth-order valence-corrected chi connectivity index (χ4v) is 7.43. The lowest BCUT2D eigenvalue weighted by Gasteiger charge is -2.56. The summed E-state index contributed by atoms with van der Waals surface area (Å²) >= 11 is 0. The Morgan fingerprint density at radius 1 is 1.06 bits per heavy atom. The van der Waals surface area contributed by atoms with E-state index in [0.717, 1.165) is 49.0 Å². The minimum absolute atomic E-state index is 0.0684. The molecule has 1 aromatic rings. The number of hydrogen-bond donors (Lipinski definition) is 2. The van der Waals surface area contributed by atoms with Gasteiger partial charge in [0.1, 0.15) is 17.6 Å². The summed E-state index contributed by atoms with van der Waals surface area (Å²) in [5, 5.41) is 12.0. The Bertz CT molecular complexity index is 932. The van der Waals surface area contributed by atoms with Crippen LogP contribution in [0.1, 0.15) is 92.5 Å². The van der Waals surface area contributed by atoms with E-state index in [-0.39, 0.29) is 11.0 Å². The number of rotatable bonds is 9. The lowest BCUT2D eigenvalue weighted by Crippen LogP contribution is -2.48. The molecule has 6 aliphatic rings. The van der Waals surface area contributed by atoms with E-state index < -0.39 is 23.7 Å². The summed E-state index contributed by atoms with van der Waals surface area (Å²) in [6.07, 6.45) is 12.3. The van der Waals surface area contributed by atoms with E-state index in [4.69, 9.17) is 4.74 Å². The van der Waals surface area contributed by atoms with Gasteiger partial charge in [0.05, 0.1) is 12.2 Å². The van der Waals surface area contributed by atoms with Gasteiger partial charge in [0.15, 0.2) is 0 Å². The van der Waals surface area contributed by atoms with Crippen LogP contribution in [0.2, 0.25) is 0 Å². The highest BCUT2D eigenvalue weighted by Crippen LogP contribution is 2.60. The standard InChI is InChI=1S/C27H34FNO4/c28-22-10-24(33-14-27-11-16-5-17(12-27)7-18(6-16)13-27)20(19-3-4-19)9-21(22)25(30)29-23(26(31)32)8-15-1-2-15/h9-10,15-19,23H,1-8,11-14H2,(H,29,30)(H,31,32). The van der Waals surface area contributed by atoms with Crippen LogP contribution in [0.25, 0.3) is 0 Å². The molecule has 4 bridgehead atoms. The first kappa shape index (κ1) is 21.4. The number of carbonyl (C=O) groups excluding carboxylic acids is 1. The smallest absolute Gasteiger partial charge is 0.326 e. The number of hydrogen-bond acceptors (Lipinski definition) is 3. The average Bonchev–Trinajstić information content (AvgIpc) is 3.65. The van der Waals surface area contributed by atoms with E-state index in [0.29, 0.717) is 30.6 Å². The van der Waals surface area contributed by atoms with Gasteiger partial charge in [-0.05, 0) is 99.0 Å². The van der Waals surface area contributed by atoms with Crippen LogP contribution in [0, 0.1) is 34.9 Å². The lowest BCUT2D eigenvalue weighted by molar-refractivity contribution is -0.139. The monoisotopic (exact) mass is 455 g/mol. The molecule has 7 rings (SSSR count). The van der Waals surface area contributed by atoms with Gasteiger partial charge < -0.3 is 15.2 Å². The second-order valence-electron chi connectivity index (χ2n) is 11.9. The minimum Gasteiger partial charge on any atom is -0.493 e. The van der Waals surface area contributed by atoms with Crippen molar-refractivity contribution in [1.82, 2.24) is 5.32 Å². The van der Waals surface area contributed by atoms with Crippen molar-refractivity contribution in [1.29, 1.82) is 0 Å². The van der Waals surface area contributed by atoms with Crippen molar-refractivity contribution in [2.45, 2.75) is 82.6 Å². The number of carboxylic acids is 1. The molecule has 0 spiro atoms. The summed E-state index contributed by atoms with van der Waals surface area (Å²) in [5.74, 6) is 1.39. The summed E-state index contributed by atoms with van der Waals surface area (Å²) in [7, 11) is 0. The molecule has 0 heterocycles. The van der Waals surface area contributed by atoms with Gasteiger partial charge in [-0.3, -0.25) is 4.79 Å². The molecule has 0 aromatic heterocycles. The van der Waals surface area contributed by atoms with Crippen LogP contribution in [-0.2, 0) is 4.79 Å². The molecule has 6 saturated carbocycles. The first-order chi connectivity index (χ1) is 15.9. The van der Waals surface area contributed by atoms with Gasteiger partial charge in [-0.15, -0.1) is 0 Å². The Balaban J connectivity index is 1.19. The highest BCUT2D eigenvalue weighted by Gasteiger charge is 2.51. The van der Waals surface area contributed by atoms with Crippen molar-refractivity contribution in [3.8, 4) is 5.75 Å². The third kappa shape index (κ3) is 4.38. The van der Waals surface area contributed by atoms with Crippen LogP contribution >= 0.6 is 0 Å². The van der Waals surface area contributed by atoms with Gasteiger partial charge in [0, 0.05) is 11.5 Å². The Morgan fingerprint density at radius 2 is 1.70 bits per heavy atom. The first-order valence-corrected chi connectivity index (χ1v) is 12.9. The van der Waals surface area contributed by atoms with Crippen molar-refractivity contribution in [3.63, 3.8) is 0 Å². The number of benzene rings is 1. The summed E-state index contributed by atoms with van der Waals surface area (Å²) in [4.78, 5) is 24.4. The second kappa shape index (κ2) is 7.99. The molecule has 6 heteroatoms. The largest absolute Gasteiger partial charge is 0.493 e. The van der Waals surface area contributed by atoms with Gasteiger partial charge in [-0.1, -0.05) is 12.8 Å². The van der Waals surface area contributed by atoms with Crippen molar-refractivity contribution in [2.24, 2.45) is 29.1 Å². The number of aliphatic carboxylic acids is 1. The lowest BCUT2D eigenvalue weighted by atomic mass is 9.50. The van der Waals surface area contributed by atoms with Crippen LogP contribution in [-0.4, -0.2) is 29.6 Å². The van der Waals surface area contributed by atoms with E-state index in [1.165, 1.54) is 44.6 Å². The van der Waals surface area contributed by atoms with Gasteiger partial charge in [-0.2, -0.15) is 0 Å². The zero-order valence-electron chi connectivity index (χ0n) is 19.2. The Labute approximate surface area is 194 Å². The minimum atomic E-state index is -1.06. The number of nitrogens with one attached hydrogen (secondary N) is 1. The molecule has 6 fully saturated rings. The van der Waals surface area contributed by atoms with Crippen LogP contribution < -0.4 is 10.1 Å². The number of carboxylic acid groups (broad SMARTS) is 1. The van der Waals surface area contributed by atoms with Gasteiger partial charge in [0.2, 0.25) is 0 Å². The summed E-state index contributed by atoms with van der Waals surface area (Å²) in [6, 6.07) is 2.02. The van der Waals surface area contributed by atoms with Crippen molar-refractivity contribution in [3.05, 3.63) is 29.1 Å². The maximum Gasteiger partial charge on any atom is 0.326 e. The zero-order valence-corrected chi connectivity index (χ0v) is 19.2. The van der Waals surface area contributed by atoms with Crippen molar-refractivity contribution in [2.75, 3.05) is 6.61 Å². The molecule has 1 aromatic carbocycles. The summed E-state index contributed by atoms with van der Waals surface area (Å²) < 4.78 is 21.4. The molecule has 33 heavy (non-hydrogen) atoms. The van der Waals surface area contributed by atoms with Crippen LogP contribution in [0.5, 0.6) is 5.75 Å². The highest BCUT2D eigenvalue weighted by atomic mass is 19.1. The Morgan fingerprint density at radius 3 is 2.24 bits per heavy atom. The maximum absolute atomic E-state index is 15.1. The van der Waals surface area contributed by atoms with Crippen LogP contribution in [0.4, 0.5) is 4.39 Å². The van der Waals surface area contributed by atoms with E-state index in [2.05, 4.69) is 5.32 Å². The number of ether oxygens (including phenoxy) is 1. The second-order valence-corrected chi connectivity index (χ2v) is 11.9.